The van der Waals surface area contributed by atoms with Crippen LogP contribution >= 0.6 is 0 Å². The van der Waals surface area contributed by atoms with Gasteiger partial charge in [0, 0.05) is 24.1 Å². The van der Waals surface area contributed by atoms with Gasteiger partial charge in [-0.1, -0.05) is 12.1 Å². The first-order chi connectivity index (χ1) is 10.6. The number of imidazole rings is 1. The Bertz CT molecular complexity index is 768. The van der Waals surface area contributed by atoms with E-state index in [4.69, 9.17) is 0 Å². The summed E-state index contributed by atoms with van der Waals surface area (Å²) in [5.74, 6) is 0.467. The average Bonchev–Trinajstić information content (AvgIpc) is 3.03. The maximum absolute atomic E-state index is 13.8. The van der Waals surface area contributed by atoms with Crippen LogP contribution in [0.25, 0.3) is 11.5 Å². The zero-order valence-electron chi connectivity index (χ0n) is 12.5. The fourth-order valence-corrected chi connectivity index (χ4v) is 2.37. The molecule has 1 unspecified atom stereocenters. The molecule has 0 aliphatic carbocycles. The zero-order chi connectivity index (χ0) is 15.5. The first-order valence-electron chi connectivity index (χ1n) is 7.13. The van der Waals surface area contributed by atoms with E-state index in [9.17, 15) is 4.39 Å². The maximum atomic E-state index is 13.8. The molecule has 0 aliphatic heterocycles. The lowest BCUT2D eigenvalue weighted by Gasteiger charge is -2.17. The van der Waals surface area contributed by atoms with E-state index >= 15 is 0 Å². The minimum atomic E-state index is -0.258. The van der Waals surface area contributed by atoms with E-state index in [0.717, 1.165) is 22.8 Å². The van der Waals surface area contributed by atoms with Crippen molar-refractivity contribution in [3.05, 3.63) is 65.9 Å². The minimum absolute atomic E-state index is 0.0488. The van der Waals surface area contributed by atoms with Crippen LogP contribution in [-0.4, -0.2) is 15.0 Å². The standard InChI is InChI=1S/C17H17FN4/c1-11-9-13(10-16(21-11)17-19-7-8-20-17)12(2)22-15-6-4-3-5-14(15)18/h3-10,12,22H,1-2H3,(H,19,20). The van der Waals surface area contributed by atoms with E-state index in [-0.39, 0.29) is 11.9 Å². The molecular formula is C17H17FN4. The fourth-order valence-electron chi connectivity index (χ4n) is 2.37. The summed E-state index contributed by atoms with van der Waals surface area (Å²) in [4.78, 5) is 11.8. The van der Waals surface area contributed by atoms with Crippen molar-refractivity contribution >= 4 is 5.69 Å². The van der Waals surface area contributed by atoms with E-state index < -0.39 is 0 Å². The number of para-hydroxylation sites is 1. The number of hydrogen-bond acceptors (Lipinski definition) is 3. The predicted octanol–water partition coefficient (Wildman–Crippen LogP) is 4.09. The molecule has 0 bridgehead atoms. The van der Waals surface area contributed by atoms with Crippen LogP contribution in [0.5, 0.6) is 0 Å². The summed E-state index contributed by atoms with van der Waals surface area (Å²) >= 11 is 0. The van der Waals surface area contributed by atoms with Crippen LogP contribution in [0.1, 0.15) is 24.2 Å². The van der Waals surface area contributed by atoms with Crippen molar-refractivity contribution in [2.24, 2.45) is 0 Å². The molecule has 0 aliphatic rings. The molecule has 0 spiro atoms. The Balaban J connectivity index is 1.89. The second-order valence-electron chi connectivity index (χ2n) is 5.21. The van der Waals surface area contributed by atoms with Gasteiger partial charge in [0.1, 0.15) is 11.5 Å². The number of nitrogens with one attached hydrogen (secondary N) is 2. The average molecular weight is 296 g/mol. The van der Waals surface area contributed by atoms with Crippen LogP contribution in [0.2, 0.25) is 0 Å². The van der Waals surface area contributed by atoms with Crippen molar-refractivity contribution in [2.45, 2.75) is 19.9 Å². The molecule has 2 N–H and O–H groups in total. The summed E-state index contributed by atoms with van der Waals surface area (Å²) in [5.41, 5.74) is 3.19. The highest BCUT2D eigenvalue weighted by Crippen LogP contribution is 2.24. The number of benzene rings is 1. The Morgan fingerprint density at radius 3 is 2.77 bits per heavy atom. The summed E-state index contributed by atoms with van der Waals surface area (Å²) < 4.78 is 13.8. The highest BCUT2D eigenvalue weighted by atomic mass is 19.1. The smallest absolute Gasteiger partial charge is 0.155 e. The van der Waals surface area contributed by atoms with E-state index in [1.165, 1.54) is 6.07 Å². The summed E-state index contributed by atoms with van der Waals surface area (Å²) in [6.07, 6.45) is 3.46. The number of anilines is 1. The maximum Gasteiger partial charge on any atom is 0.155 e. The Morgan fingerprint density at radius 2 is 2.05 bits per heavy atom. The SMILES string of the molecule is Cc1cc(C(C)Nc2ccccc2F)cc(-c2ncc[nH]2)n1. The number of H-pyrrole nitrogens is 1. The van der Waals surface area contributed by atoms with Gasteiger partial charge in [0.05, 0.1) is 5.69 Å². The van der Waals surface area contributed by atoms with Gasteiger partial charge in [0.2, 0.25) is 0 Å². The molecule has 0 amide bonds. The number of pyridine rings is 1. The third-order valence-corrected chi connectivity index (χ3v) is 3.46. The van der Waals surface area contributed by atoms with Crippen LogP contribution in [0, 0.1) is 12.7 Å². The third kappa shape index (κ3) is 2.98. The number of aromatic amines is 1. The van der Waals surface area contributed by atoms with Gasteiger partial charge in [0.15, 0.2) is 5.82 Å². The quantitative estimate of drug-likeness (QED) is 0.762. The van der Waals surface area contributed by atoms with Gasteiger partial charge in [-0.3, -0.25) is 0 Å². The molecule has 0 saturated carbocycles. The molecule has 3 rings (SSSR count). The summed E-state index contributed by atoms with van der Waals surface area (Å²) in [5, 5.41) is 3.19. The number of aromatic nitrogens is 3. The van der Waals surface area contributed by atoms with Gasteiger partial charge >= 0.3 is 0 Å². The van der Waals surface area contributed by atoms with Crippen molar-refractivity contribution < 1.29 is 4.39 Å². The number of aryl methyl sites for hydroxylation is 1. The van der Waals surface area contributed by atoms with Crippen molar-refractivity contribution in [1.29, 1.82) is 0 Å². The lowest BCUT2D eigenvalue weighted by atomic mass is 10.1. The lowest BCUT2D eigenvalue weighted by Crippen LogP contribution is -2.09. The normalized spacial score (nSPS) is 12.1. The molecule has 0 saturated heterocycles. The summed E-state index contributed by atoms with van der Waals surface area (Å²) in [7, 11) is 0. The highest BCUT2D eigenvalue weighted by Gasteiger charge is 2.12. The third-order valence-electron chi connectivity index (χ3n) is 3.46. The molecule has 1 atom stereocenters. The van der Waals surface area contributed by atoms with Gasteiger partial charge < -0.3 is 10.3 Å². The van der Waals surface area contributed by atoms with E-state index in [0.29, 0.717) is 5.69 Å². The van der Waals surface area contributed by atoms with Gasteiger partial charge in [0.25, 0.3) is 0 Å². The lowest BCUT2D eigenvalue weighted by molar-refractivity contribution is 0.627. The van der Waals surface area contributed by atoms with E-state index in [2.05, 4.69) is 20.3 Å². The fraction of sp³-hybridized carbons (Fsp3) is 0.176. The Labute approximate surface area is 128 Å². The monoisotopic (exact) mass is 296 g/mol. The van der Waals surface area contributed by atoms with Crippen LogP contribution in [0.15, 0.2) is 48.8 Å². The Morgan fingerprint density at radius 1 is 1.23 bits per heavy atom. The second-order valence-corrected chi connectivity index (χ2v) is 5.21. The molecular weight excluding hydrogens is 279 g/mol. The largest absolute Gasteiger partial charge is 0.376 e. The molecule has 4 nitrogen and oxygen atoms in total. The van der Waals surface area contributed by atoms with Crippen LogP contribution < -0.4 is 5.32 Å². The van der Waals surface area contributed by atoms with Gasteiger partial charge in [-0.25, -0.2) is 14.4 Å². The van der Waals surface area contributed by atoms with Crippen molar-refractivity contribution in [3.63, 3.8) is 0 Å². The van der Waals surface area contributed by atoms with E-state index in [1.807, 2.05) is 32.0 Å². The molecule has 112 valence electrons. The summed E-state index contributed by atoms with van der Waals surface area (Å²) in [6, 6.07) is 10.6. The van der Waals surface area contributed by atoms with Crippen LogP contribution in [0.3, 0.4) is 0 Å². The van der Waals surface area contributed by atoms with Crippen LogP contribution in [0.4, 0.5) is 10.1 Å². The van der Waals surface area contributed by atoms with Crippen molar-refractivity contribution in [1.82, 2.24) is 15.0 Å². The molecule has 3 aromatic rings. The van der Waals surface area contributed by atoms with Crippen molar-refractivity contribution in [3.8, 4) is 11.5 Å². The van der Waals surface area contributed by atoms with Gasteiger partial charge in [-0.05, 0) is 43.7 Å². The molecule has 0 radical (unpaired) electrons. The zero-order valence-corrected chi connectivity index (χ0v) is 12.5. The number of nitrogens with zero attached hydrogens (tertiary/aromatic N) is 2. The summed E-state index contributed by atoms with van der Waals surface area (Å²) in [6.45, 7) is 3.93. The molecule has 22 heavy (non-hydrogen) atoms. The van der Waals surface area contributed by atoms with Gasteiger partial charge in [-0.2, -0.15) is 0 Å². The van der Waals surface area contributed by atoms with E-state index in [1.54, 1.807) is 24.5 Å². The molecule has 1 aromatic carbocycles. The Kier molecular flexibility index (Phi) is 3.87. The Hall–Kier alpha value is -2.69. The van der Waals surface area contributed by atoms with Crippen molar-refractivity contribution in [2.75, 3.05) is 5.32 Å². The second kappa shape index (κ2) is 5.97. The first kappa shape index (κ1) is 14.3. The predicted molar refractivity (Wildman–Crippen MR) is 85.0 cm³/mol. The minimum Gasteiger partial charge on any atom is -0.376 e. The molecule has 0 fully saturated rings. The number of hydrogen-bond donors (Lipinski definition) is 2. The molecule has 5 heteroatoms. The first-order valence-corrected chi connectivity index (χ1v) is 7.13. The molecule has 2 aromatic heterocycles. The number of halogens is 1. The molecule has 2 heterocycles. The number of rotatable bonds is 4. The van der Waals surface area contributed by atoms with Gasteiger partial charge in [-0.15, -0.1) is 0 Å². The van der Waals surface area contributed by atoms with Crippen LogP contribution in [-0.2, 0) is 0 Å². The topological polar surface area (TPSA) is 53.6 Å². The highest BCUT2D eigenvalue weighted by molar-refractivity contribution is 5.53.